The molecule has 0 unspecified atom stereocenters. The second-order valence-corrected chi connectivity index (χ2v) is 3.43. The number of nitro groups is 1. The molecule has 0 aliphatic rings. The first-order valence-corrected chi connectivity index (χ1v) is 4.50. The molecule has 1 aromatic rings. The smallest absolute Gasteiger partial charge is 0.390 e. The highest BCUT2D eigenvalue weighted by Gasteiger charge is 2.33. The number of nitrogens with two attached hydrogens (primary N) is 1. The normalized spacial score (nSPS) is 13.4. The molecule has 0 aliphatic heterocycles. The average Bonchev–Trinajstić information content (AvgIpc) is 2.14. The van der Waals surface area contributed by atoms with E-state index in [4.69, 9.17) is 10.8 Å². The van der Waals surface area contributed by atoms with Gasteiger partial charge < -0.3 is 10.8 Å². The Kier molecular flexibility index (Phi) is 3.56. The van der Waals surface area contributed by atoms with E-state index in [0.29, 0.717) is 0 Å². The molecule has 8 heteroatoms. The number of phenols is 1. The maximum atomic E-state index is 12.1. The highest BCUT2D eigenvalue weighted by atomic mass is 19.4. The summed E-state index contributed by atoms with van der Waals surface area (Å²) < 4.78 is 36.3. The summed E-state index contributed by atoms with van der Waals surface area (Å²) in [6.45, 7) is 0. The molecule has 0 saturated carbocycles. The molecule has 0 aliphatic carbocycles. The van der Waals surface area contributed by atoms with Gasteiger partial charge in [0.2, 0.25) is 0 Å². The number of benzene rings is 1. The molecule has 0 amide bonds. The van der Waals surface area contributed by atoms with Crippen molar-refractivity contribution < 1.29 is 23.2 Å². The Morgan fingerprint density at radius 3 is 2.53 bits per heavy atom. The fourth-order valence-electron chi connectivity index (χ4n) is 1.36. The van der Waals surface area contributed by atoms with Crippen molar-refractivity contribution in [3.8, 4) is 5.75 Å². The van der Waals surface area contributed by atoms with Crippen LogP contribution in [0.5, 0.6) is 5.75 Å². The molecular weight excluding hydrogens is 241 g/mol. The minimum absolute atomic E-state index is 0.340. The van der Waals surface area contributed by atoms with Crippen LogP contribution in [0.25, 0.3) is 0 Å². The fraction of sp³-hybridized carbons (Fsp3) is 0.333. The molecule has 0 bridgehead atoms. The predicted molar refractivity (Wildman–Crippen MR) is 52.4 cm³/mol. The lowest BCUT2D eigenvalue weighted by molar-refractivity contribution is -0.385. The molecule has 0 radical (unpaired) electrons. The van der Waals surface area contributed by atoms with Crippen LogP contribution < -0.4 is 5.73 Å². The lowest BCUT2D eigenvalue weighted by atomic mass is 10.0. The molecule has 17 heavy (non-hydrogen) atoms. The van der Waals surface area contributed by atoms with Gasteiger partial charge in [0, 0.05) is 12.1 Å². The van der Waals surface area contributed by atoms with Gasteiger partial charge in [-0.25, -0.2) is 0 Å². The molecule has 3 N–H and O–H groups in total. The van der Waals surface area contributed by atoms with Gasteiger partial charge in [0.25, 0.3) is 5.69 Å². The molecule has 0 aromatic heterocycles. The zero-order valence-corrected chi connectivity index (χ0v) is 8.44. The Morgan fingerprint density at radius 2 is 2.06 bits per heavy atom. The van der Waals surface area contributed by atoms with E-state index in [9.17, 15) is 23.3 Å². The second kappa shape index (κ2) is 4.58. The van der Waals surface area contributed by atoms with E-state index in [2.05, 4.69) is 0 Å². The van der Waals surface area contributed by atoms with Gasteiger partial charge in [0.15, 0.2) is 0 Å². The maximum Gasteiger partial charge on any atom is 0.390 e. The molecule has 5 nitrogen and oxygen atoms in total. The molecule has 0 fully saturated rings. The number of phenolic OH excluding ortho intramolecular Hbond substituents is 1. The van der Waals surface area contributed by atoms with Gasteiger partial charge in [-0.15, -0.1) is 0 Å². The highest BCUT2D eigenvalue weighted by molar-refractivity contribution is 5.46. The zero-order chi connectivity index (χ0) is 13.2. The first-order valence-electron chi connectivity index (χ1n) is 4.50. The molecule has 94 valence electrons. The van der Waals surface area contributed by atoms with E-state index in [0.717, 1.165) is 18.2 Å². The van der Waals surface area contributed by atoms with Crippen molar-refractivity contribution in [2.45, 2.75) is 18.6 Å². The van der Waals surface area contributed by atoms with E-state index < -0.39 is 29.2 Å². The van der Waals surface area contributed by atoms with Gasteiger partial charge in [0.05, 0.1) is 16.9 Å². The average molecular weight is 250 g/mol. The topological polar surface area (TPSA) is 89.4 Å². The number of hydrogen-bond donors (Lipinski definition) is 2. The van der Waals surface area contributed by atoms with Crippen molar-refractivity contribution in [3.63, 3.8) is 0 Å². The Morgan fingerprint density at radius 1 is 1.47 bits per heavy atom. The third-order valence-corrected chi connectivity index (χ3v) is 2.06. The highest BCUT2D eigenvalue weighted by Crippen LogP contribution is 2.34. The summed E-state index contributed by atoms with van der Waals surface area (Å²) in [7, 11) is 0. The van der Waals surface area contributed by atoms with Crippen molar-refractivity contribution in [2.24, 2.45) is 5.73 Å². The molecule has 0 heterocycles. The Bertz CT molecular complexity index is 434. The van der Waals surface area contributed by atoms with Crippen LogP contribution in [0.3, 0.4) is 0 Å². The molecule has 0 saturated heterocycles. The van der Waals surface area contributed by atoms with Gasteiger partial charge in [-0.3, -0.25) is 10.1 Å². The fourth-order valence-corrected chi connectivity index (χ4v) is 1.36. The number of nitrogens with zero attached hydrogens (tertiary/aromatic N) is 1. The first-order chi connectivity index (χ1) is 7.70. The summed E-state index contributed by atoms with van der Waals surface area (Å²) in [5, 5.41) is 19.7. The lowest BCUT2D eigenvalue weighted by Gasteiger charge is -2.14. The summed E-state index contributed by atoms with van der Waals surface area (Å²) in [5.41, 5.74) is 4.37. The Balaban J connectivity index is 3.10. The number of alkyl halides is 3. The summed E-state index contributed by atoms with van der Waals surface area (Å²) in [6, 6.07) is 1.22. The van der Waals surface area contributed by atoms with E-state index in [1.165, 1.54) is 0 Å². The van der Waals surface area contributed by atoms with Crippen molar-refractivity contribution in [2.75, 3.05) is 0 Å². The standard InChI is InChI=1S/C9H9F3N2O3/c10-9(11,12)4-7(13)6-3-5(15)1-2-8(6)14(16)17/h1-3,7,15H,4,13H2/t7-/m0/s1. The summed E-state index contributed by atoms with van der Waals surface area (Å²) in [6.07, 6.45) is -5.92. The molecule has 1 aromatic carbocycles. The van der Waals surface area contributed by atoms with Crippen molar-refractivity contribution >= 4 is 5.69 Å². The molecular formula is C9H9F3N2O3. The van der Waals surface area contributed by atoms with E-state index >= 15 is 0 Å². The lowest BCUT2D eigenvalue weighted by Crippen LogP contribution is -2.21. The number of aromatic hydroxyl groups is 1. The van der Waals surface area contributed by atoms with Gasteiger partial charge in [-0.1, -0.05) is 0 Å². The minimum Gasteiger partial charge on any atom is -0.508 e. The first kappa shape index (κ1) is 13.2. The molecule has 1 rings (SSSR count). The van der Waals surface area contributed by atoms with Gasteiger partial charge in [0.1, 0.15) is 5.75 Å². The number of rotatable bonds is 3. The van der Waals surface area contributed by atoms with Gasteiger partial charge in [-0.05, 0) is 12.1 Å². The summed E-state index contributed by atoms with van der Waals surface area (Å²) in [4.78, 5) is 9.75. The number of hydrogen-bond acceptors (Lipinski definition) is 4. The monoisotopic (exact) mass is 250 g/mol. The van der Waals surface area contributed by atoms with Crippen LogP contribution in [-0.4, -0.2) is 16.2 Å². The van der Waals surface area contributed by atoms with Gasteiger partial charge in [-0.2, -0.15) is 13.2 Å². The van der Waals surface area contributed by atoms with Crippen LogP contribution in [0.15, 0.2) is 18.2 Å². The summed E-state index contributed by atoms with van der Waals surface area (Å²) in [5.74, 6) is -0.372. The predicted octanol–water partition coefficient (Wildman–Crippen LogP) is 2.25. The largest absolute Gasteiger partial charge is 0.508 e. The SMILES string of the molecule is N[C@@H](CC(F)(F)F)c1cc(O)ccc1[N+](=O)[O-]. The van der Waals surface area contributed by atoms with Crippen LogP contribution in [0.2, 0.25) is 0 Å². The molecule has 1 atom stereocenters. The van der Waals surface area contributed by atoms with E-state index in [-0.39, 0.29) is 11.3 Å². The third kappa shape index (κ3) is 3.59. The Labute approximate surface area is 93.8 Å². The van der Waals surface area contributed by atoms with E-state index in [1.54, 1.807) is 0 Å². The molecule has 0 spiro atoms. The van der Waals surface area contributed by atoms with Crippen LogP contribution >= 0.6 is 0 Å². The van der Waals surface area contributed by atoms with E-state index in [1.807, 2.05) is 0 Å². The third-order valence-electron chi connectivity index (χ3n) is 2.06. The second-order valence-electron chi connectivity index (χ2n) is 3.43. The van der Waals surface area contributed by atoms with Crippen LogP contribution in [0, 0.1) is 10.1 Å². The number of halogens is 3. The van der Waals surface area contributed by atoms with Crippen LogP contribution in [0.1, 0.15) is 18.0 Å². The minimum atomic E-state index is -4.53. The summed E-state index contributed by atoms with van der Waals surface area (Å²) >= 11 is 0. The maximum absolute atomic E-state index is 12.1. The van der Waals surface area contributed by atoms with Crippen LogP contribution in [0.4, 0.5) is 18.9 Å². The van der Waals surface area contributed by atoms with Crippen molar-refractivity contribution in [1.29, 1.82) is 0 Å². The van der Waals surface area contributed by atoms with Crippen LogP contribution in [-0.2, 0) is 0 Å². The quantitative estimate of drug-likeness (QED) is 0.636. The van der Waals surface area contributed by atoms with Crippen molar-refractivity contribution in [3.05, 3.63) is 33.9 Å². The van der Waals surface area contributed by atoms with Crippen molar-refractivity contribution in [1.82, 2.24) is 0 Å². The Hall–Kier alpha value is -1.83. The zero-order valence-electron chi connectivity index (χ0n) is 8.44. The van der Waals surface area contributed by atoms with Gasteiger partial charge >= 0.3 is 6.18 Å². The number of nitro benzene ring substituents is 1.